The van der Waals surface area contributed by atoms with E-state index in [9.17, 15) is 0 Å². The second kappa shape index (κ2) is 6.20. The minimum atomic E-state index is -0.465. The maximum Gasteiger partial charge on any atom is 0.118 e. The highest BCUT2D eigenvalue weighted by Crippen LogP contribution is 2.29. The number of aromatic nitrogens is 2. The average Bonchev–Trinajstić information content (AvgIpc) is 2.74. The Morgan fingerprint density at radius 2 is 1.95 bits per heavy atom. The molecule has 0 radical (unpaired) electrons. The van der Waals surface area contributed by atoms with Crippen molar-refractivity contribution in [3.05, 3.63) is 45.7 Å². The Balaban J connectivity index is 2.29. The van der Waals surface area contributed by atoms with Crippen molar-refractivity contribution < 1.29 is 4.74 Å². The molecule has 0 saturated carbocycles. The molecule has 0 amide bonds. The summed E-state index contributed by atoms with van der Waals surface area (Å²) >= 11 is 3.65. The third kappa shape index (κ3) is 3.30. The summed E-state index contributed by atoms with van der Waals surface area (Å²) in [4.78, 5) is 0. The number of benzene rings is 1. The highest BCUT2D eigenvalue weighted by molar-refractivity contribution is 9.10. The predicted octanol–water partition coefficient (Wildman–Crippen LogP) is 3.17. The number of nitrogens with two attached hydrogens (primary N) is 1. The Hall–Kier alpha value is -1.33. The van der Waals surface area contributed by atoms with Gasteiger partial charge in [0.2, 0.25) is 0 Å². The van der Waals surface area contributed by atoms with Gasteiger partial charge in [-0.05, 0) is 47.0 Å². The zero-order valence-corrected chi connectivity index (χ0v) is 14.6. The van der Waals surface area contributed by atoms with E-state index in [1.807, 2.05) is 42.9 Å². The van der Waals surface area contributed by atoms with Gasteiger partial charge < -0.3 is 10.5 Å². The molecule has 114 valence electrons. The normalized spacial score (nSPS) is 14.0. The molecule has 1 unspecified atom stereocenters. The smallest absolute Gasteiger partial charge is 0.118 e. The summed E-state index contributed by atoms with van der Waals surface area (Å²) < 4.78 is 8.18. The first-order valence-corrected chi connectivity index (χ1v) is 7.82. The van der Waals surface area contributed by atoms with Crippen LogP contribution in [-0.2, 0) is 25.4 Å². The number of aryl methyl sites for hydroxylation is 2. The summed E-state index contributed by atoms with van der Waals surface area (Å²) in [5.74, 6) is 0.838. The Kier molecular flexibility index (Phi) is 4.74. The van der Waals surface area contributed by atoms with Gasteiger partial charge in [-0.3, -0.25) is 4.68 Å². The standard InChI is InChI=1S/C16H22BrN3O/c1-5-13-15(17)14(20(3)19-13)10-16(2,18)11-6-8-12(21-4)9-7-11/h6-9H,5,10,18H2,1-4H3. The van der Waals surface area contributed by atoms with Gasteiger partial charge >= 0.3 is 0 Å². The number of methoxy groups -OCH3 is 1. The zero-order chi connectivity index (χ0) is 15.6. The van der Waals surface area contributed by atoms with Gasteiger partial charge in [-0.2, -0.15) is 5.10 Å². The van der Waals surface area contributed by atoms with Crippen LogP contribution in [0.15, 0.2) is 28.7 Å². The Labute approximate surface area is 134 Å². The van der Waals surface area contributed by atoms with Crippen molar-refractivity contribution in [3.63, 3.8) is 0 Å². The van der Waals surface area contributed by atoms with Crippen molar-refractivity contribution in [1.82, 2.24) is 9.78 Å². The van der Waals surface area contributed by atoms with Gasteiger partial charge in [-0.25, -0.2) is 0 Å². The maximum atomic E-state index is 6.55. The average molecular weight is 352 g/mol. The summed E-state index contributed by atoms with van der Waals surface area (Å²) in [6.07, 6.45) is 1.61. The largest absolute Gasteiger partial charge is 0.497 e. The number of nitrogens with zero attached hydrogens (tertiary/aromatic N) is 2. The van der Waals surface area contributed by atoms with Crippen LogP contribution in [-0.4, -0.2) is 16.9 Å². The number of ether oxygens (including phenoxy) is 1. The molecule has 1 aromatic carbocycles. The Morgan fingerprint density at radius 3 is 2.43 bits per heavy atom. The van der Waals surface area contributed by atoms with Crippen molar-refractivity contribution in [2.45, 2.75) is 32.2 Å². The van der Waals surface area contributed by atoms with Crippen molar-refractivity contribution >= 4 is 15.9 Å². The summed E-state index contributed by atoms with van der Waals surface area (Å²) in [5.41, 5.74) is 9.35. The van der Waals surface area contributed by atoms with E-state index >= 15 is 0 Å². The van der Waals surface area contributed by atoms with E-state index in [4.69, 9.17) is 10.5 Å². The highest BCUT2D eigenvalue weighted by atomic mass is 79.9. The van der Waals surface area contributed by atoms with Crippen molar-refractivity contribution in [1.29, 1.82) is 0 Å². The molecule has 1 heterocycles. The SMILES string of the molecule is CCc1nn(C)c(CC(C)(N)c2ccc(OC)cc2)c1Br. The van der Waals surface area contributed by atoms with E-state index in [2.05, 4.69) is 28.0 Å². The highest BCUT2D eigenvalue weighted by Gasteiger charge is 2.26. The summed E-state index contributed by atoms with van der Waals surface area (Å²) in [6.45, 7) is 4.14. The number of hydrogen-bond donors (Lipinski definition) is 1. The number of rotatable bonds is 5. The molecule has 0 aliphatic rings. The first-order chi connectivity index (χ1) is 9.89. The van der Waals surface area contributed by atoms with Crippen LogP contribution in [0.3, 0.4) is 0 Å². The first kappa shape index (κ1) is 16.0. The van der Waals surface area contributed by atoms with Gasteiger partial charge in [-0.15, -0.1) is 0 Å². The van der Waals surface area contributed by atoms with Gasteiger partial charge in [0.15, 0.2) is 0 Å². The van der Waals surface area contributed by atoms with Gasteiger partial charge in [0, 0.05) is 19.0 Å². The molecule has 21 heavy (non-hydrogen) atoms. The molecule has 5 heteroatoms. The molecule has 0 bridgehead atoms. The van der Waals surface area contributed by atoms with Crippen LogP contribution < -0.4 is 10.5 Å². The summed E-state index contributed by atoms with van der Waals surface area (Å²) in [7, 11) is 3.62. The van der Waals surface area contributed by atoms with E-state index in [0.29, 0.717) is 6.42 Å². The van der Waals surface area contributed by atoms with E-state index < -0.39 is 5.54 Å². The quantitative estimate of drug-likeness (QED) is 0.899. The molecule has 4 nitrogen and oxygen atoms in total. The molecule has 1 atom stereocenters. The molecule has 1 aromatic heterocycles. The van der Waals surface area contributed by atoms with Crippen molar-refractivity contribution in [3.8, 4) is 5.75 Å². The van der Waals surface area contributed by atoms with Crippen molar-refractivity contribution in [2.75, 3.05) is 7.11 Å². The van der Waals surface area contributed by atoms with Crippen LogP contribution in [0.5, 0.6) is 5.75 Å². The third-order valence-electron chi connectivity index (χ3n) is 3.79. The second-order valence-electron chi connectivity index (χ2n) is 5.51. The fourth-order valence-corrected chi connectivity index (χ4v) is 3.19. The number of halogens is 1. The summed E-state index contributed by atoms with van der Waals surface area (Å²) in [5, 5.41) is 4.53. The molecular weight excluding hydrogens is 330 g/mol. The van der Waals surface area contributed by atoms with Gasteiger partial charge in [0.05, 0.1) is 23.0 Å². The zero-order valence-electron chi connectivity index (χ0n) is 13.0. The topological polar surface area (TPSA) is 53.1 Å². The molecule has 0 fully saturated rings. The molecule has 2 N–H and O–H groups in total. The van der Waals surface area contributed by atoms with E-state index in [1.165, 1.54) is 0 Å². The first-order valence-electron chi connectivity index (χ1n) is 7.02. The van der Waals surface area contributed by atoms with E-state index in [0.717, 1.165) is 33.6 Å². The summed E-state index contributed by atoms with van der Waals surface area (Å²) in [6, 6.07) is 7.92. The molecule has 2 rings (SSSR count). The Morgan fingerprint density at radius 1 is 1.33 bits per heavy atom. The maximum absolute atomic E-state index is 6.55. The second-order valence-corrected chi connectivity index (χ2v) is 6.30. The molecule has 0 aliphatic carbocycles. The van der Waals surface area contributed by atoms with Crippen LogP contribution in [0, 0.1) is 0 Å². The fraction of sp³-hybridized carbons (Fsp3) is 0.438. The molecule has 0 saturated heterocycles. The minimum Gasteiger partial charge on any atom is -0.497 e. The van der Waals surface area contributed by atoms with Crippen LogP contribution in [0.25, 0.3) is 0 Å². The Bertz CT molecular complexity index is 617. The monoisotopic (exact) mass is 351 g/mol. The lowest BCUT2D eigenvalue weighted by molar-refractivity contribution is 0.413. The van der Waals surface area contributed by atoms with Crippen LogP contribution in [0.4, 0.5) is 0 Å². The van der Waals surface area contributed by atoms with Crippen LogP contribution in [0.2, 0.25) is 0 Å². The lowest BCUT2D eigenvalue weighted by Gasteiger charge is -2.25. The van der Waals surface area contributed by atoms with Crippen molar-refractivity contribution in [2.24, 2.45) is 12.8 Å². The van der Waals surface area contributed by atoms with Gasteiger partial charge in [-0.1, -0.05) is 19.1 Å². The molecule has 0 aliphatic heterocycles. The van der Waals surface area contributed by atoms with Gasteiger partial charge in [0.1, 0.15) is 5.75 Å². The predicted molar refractivity (Wildman–Crippen MR) is 88.5 cm³/mol. The molecule has 2 aromatic rings. The molecular formula is C16H22BrN3O. The van der Waals surface area contributed by atoms with E-state index in [-0.39, 0.29) is 0 Å². The van der Waals surface area contributed by atoms with Gasteiger partial charge in [0.25, 0.3) is 0 Å². The third-order valence-corrected chi connectivity index (χ3v) is 4.70. The van der Waals surface area contributed by atoms with E-state index in [1.54, 1.807) is 7.11 Å². The molecule has 0 spiro atoms. The lowest BCUT2D eigenvalue weighted by Crippen LogP contribution is -2.36. The van der Waals surface area contributed by atoms with Crippen LogP contribution >= 0.6 is 15.9 Å². The van der Waals surface area contributed by atoms with Crippen LogP contribution in [0.1, 0.15) is 30.8 Å². The number of hydrogen-bond acceptors (Lipinski definition) is 3. The fourth-order valence-electron chi connectivity index (χ4n) is 2.43. The minimum absolute atomic E-state index is 0.465. The lowest BCUT2D eigenvalue weighted by atomic mass is 9.88.